The van der Waals surface area contributed by atoms with E-state index in [4.69, 9.17) is 14.2 Å². The van der Waals surface area contributed by atoms with E-state index < -0.39 is 18.2 Å². The number of rotatable bonds is 9. The molecule has 1 fully saturated rings. The van der Waals surface area contributed by atoms with Crippen LogP contribution in [0.3, 0.4) is 0 Å². The summed E-state index contributed by atoms with van der Waals surface area (Å²) in [7, 11) is 0. The van der Waals surface area contributed by atoms with Crippen molar-refractivity contribution in [1.82, 2.24) is 5.32 Å². The summed E-state index contributed by atoms with van der Waals surface area (Å²) >= 11 is 0. The topological polar surface area (TPSA) is 77.2 Å². The number of hydrogen-bond donors (Lipinski definition) is 1. The van der Waals surface area contributed by atoms with Gasteiger partial charge in [0.1, 0.15) is 0 Å². The molecule has 1 aliphatic heterocycles. The van der Waals surface area contributed by atoms with Gasteiger partial charge in [0.25, 0.3) is 5.91 Å². The first kappa shape index (κ1) is 17.9. The Hall–Kier alpha value is -1.14. The summed E-state index contributed by atoms with van der Waals surface area (Å²) in [6.07, 6.45) is -1.48. The summed E-state index contributed by atoms with van der Waals surface area (Å²) < 4.78 is 15.5. The van der Waals surface area contributed by atoms with E-state index in [1.165, 1.54) is 0 Å². The number of nitrogens with one attached hydrogen (secondary N) is 1. The summed E-state index contributed by atoms with van der Waals surface area (Å²) in [5.41, 5.74) is 0. The minimum Gasteiger partial charge on any atom is -0.464 e. The zero-order valence-corrected chi connectivity index (χ0v) is 13.5. The molecule has 6 heteroatoms. The zero-order valence-electron chi connectivity index (χ0n) is 13.5. The Balaban J connectivity index is 2.38. The molecule has 0 aromatic heterocycles. The molecular weight excluding hydrogens is 274 g/mol. The average Bonchev–Trinajstić information content (AvgIpc) is 3.17. The van der Waals surface area contributed by atoms with Gasteiger partial charge in [-0.3, -0.25) is 4.79 Å². The highest BCUT2D eigenvalue weighted by Crippen LogP contribution is 2.24. The predicted molar refractivity (Wildman–Crippen MR) is 77.7 cm³/mol. The molecule has 0 unspecified atom stereocenters. The maximum atomic E-state index is 12.0. The molecule has 3 atom stereocenters. The largest absolute Gasteiger partial charge is 0.464 e. The van der Waals surface area contributed by atoms with Crippen LogP contribution in [-0.2, 0) is 23.8 Å². The number of epoxide rings is 1. The van der Waals surface area contributed by atoms with Crippen molar-refractivity contribution in [2.45, 2.75) is 52.9 Å². The highest BCUT2D eigenvalue weighted by atomic mass is 16.6. The molecule has 1 N–H and O–H groups in total. The second-order valence-corrected chi connectivity index (χ2v) is 6.02. The molecule has 1 saturated heterocycles. The Morgan fingerprint density at radius 2 is 1.81 bits per heavy atom. The lowest BCUT2D eigenvalue weighted by molar-refractivity contribution is -0.144. The smallest absolute Gasteiger partial charge is 0.338 e. The van der Waals surface area contributed by atoms with Crippen molar-refractivity contribution >= 4 is 11.9 Å². The van der Waals surface area contributed by atoms with Crippen LogP contribution in [0.2, 0.25) is 0 Å². The third-order valence-electron chi connectivity index (χ3n) is 3.15. The summed E-state index contributed by atoms with van der Waals surface area (Å²) in [6, 6.07) is -0.0942. The molecule has 0 aromatic rings. The molecule has 21 heavy (non-hydrogen) atoms. The van der Waals surface area contributed by atoms with Crippen LogP contribution in [0.15, 0.2) is 0 Å². The molecule has 0 radical (unpaired) electrons. The van der Waals surface area contributed by atoms with E-state index in [9.17, 15) is 9.59 Å². The van der Waals surface area contributed by atoms with Crippen LogP contribution in [-0.4, -0.2) is 49.9 Å². The monoisotopic (exact) mass is 301 g/mol. The van der Waals surface area contributed by atoms with Gasteiger partial charge in [0, 0.05) is 6.61 Å². The van der Waals surface area contributed by atoms with Gasteiger partial charge in [0.15, 0.2) is 12.2 Å². The van der Waals surface area contributed by atoms with Gasteiger partial charge in [0.05, 0.1) is 19.3 Å². The summed E-state index contributed by atoms with van der Waals surface area (Å²) in [4.78, 5) is 23.5. The van der Waals surface area contributed by atoms with Crippen LogP contribution in [0, 0.1) is 11.8 Å². The molecule has 0 saturated carbocycles. The predicted octanol–water partition coefficient (Wildman–Crippen LogP) is 1.13. The van der Waals surface area contributed by atoms with Gasteiger partial charge in [-0.15, -0.1) is 0 Å². The van der Waals surface area contributed by atoms with Crippen molar-refractivity contribution in [2.24, 2.45) is 11.8 Å². The molecule has 1 heterocycles. The first-order valence-electron chi connectivity index (χ1n) is 7.57. The number of amides is 1. The van der Waals surface area contributed by atoms with E-state index >= 15 is 0 Å². The van der Waals surface area contributed by atoms with Gasteiger partial charge in [-0.05, 0) is 18.8 Å². The van der Waals surface area contributed by atoms with Crippen LogP contribution < -0.4 is 5.32 Å². The fourth-order valence-corrected chi connectivity index (χ4v) is 1.81. The van der Waals surface area contributed by atoms with E-state index in [0.29, 0.717) is 19.1 Å². The quantitative estimate of drug-likeness (QED) is 0.510. The summed E-state index contributed by atoms with van der Waals surface area (Å²) in [5.74, 6) is -0.0657. The van der Waals surface area contributed by atoms with Crippen LogP contribution in [0.25, 0.3) is 0 Å². The Morgan fingerprint density at radius 3 is 2.33 bits per heavy atom. The van der Waals surface area contributed by atoms with Gasteiger partial charge in [-0.25, -0.2) is 4.79 Å². The van der Waals surface area contributed by atoms with Gasteiger partial charge < -0.3 is 19.5 Å². The zero-order chi connectivity index (χ0) is 16.0. The molecule has 122 valence electrons. The van der Waals surface area contributed by atoms with E-state index in [1.807, 2.05) is 13.8 Å². The highest BCUT2D eigenvalue weighted by molar-refractivity contribution is 5.92. The maximum absolute atomic E-state index is 12.0. The highest BCUT2D eigenvalue weighted by Gasteiger charge is 2.51. The third kappa shape index (κ3) is 6.01. The van der Waals surface area contributed by atoms with Crippen molar-refractivity contribution in [3.05, 3.63) is 0 Å². The Bertz CT molecular complexity index is 356. The molecule has 0 spiro atoms. The summed E-state index contributed by atoms with van der Waals surface area (Å²) in [6.45, 7) is 11.3. The van der Waals surface area contributed by atoms with Gasteiger partial charge in [-0.1, -0.05) is 27.7 Å². The van der Waals surface area contributed by atoms with Crippen LogP contribution in [0.4, 0.5) is 0 Å². The Morgan fingerprint density at radius 1 is 1.14 bits per heavy atom. The van der Waals surface area contributed by atoms with Crippen molar-refractivity contribution in [1.29, 1.82) is 0 Å². The van der Waals surface area contributed by atoms with Crippen molar-refractivity contribution in [2.75, 3.05) is 19.8 Å². The van der Waals surface area contributed by atoms with Crippen LogP contribution >= 0.6 is 0 Å². The Labute approximate surface area is 126 Å². The van der Waals surface area contributed by atoms with E-state index in [0.717, 1.165) is 0 Å². The second-order valence-electron chi connectivity index (χ2n) is 6.02. The van der Waals surface area contributed by atoms with Crippen molar-refractivity contribution in [3.8, 4) is 0 Å². The fourth-order valence-electron chi connectivity index (χ4n) is 1.81. The number of hydrogen-bond acceptors (Lipinski definition) is 5. The first-order valence-corrected chi connectivity index (χ1v) is 7.57. The maximum Gasteiger partial charge on any atom is 0.338 e. The molecule has 0 bridgehead atoms. The molecule has 1 rings (SSSR count). The van der Waals surface area contributed by atoms with Crippen molar-refractivity contribution in [3.63, 3.8) is 0 Å². The number of carbonyl (C=O) groups is 2. The molecule has 1 aliphatic rings. The van der Waals surface area contributed by atoms with Gasteiger partial charge >= 0.3 is 5.97 Å². The van der Waals surface area contributed by atoms with E-state index in [1.54, 1.807) is 6.92 Å². The van der Waals surface area contributed by atoms with Gasteiger partial charge in [-0.2, -0.15) is 0 Å². The van der Waals surface area contributed by atoms with E-state index in [-0.39, 0.29) is 24.5 Å². The number of ether oxygens (including phenoxy) is 3. The van der Waals surface area contributed by atoms with Gasteiger partial charge in [0.2, 0.25) is 0 Å². The normalized spacial score (nSPS) is 22.2. The Kier molecular flexibility index (Phi) is 7.11. The fraction of sp³-hybridized carbons (Fsp3) is 0.867. The molecule has 0 aromatic carbocycles. The average molecular weight is 301 g/mol. The third-order valence-corrected chi connectivity index (χ3v) is 3.15. The van der Waals surface area contributed by atoms with Crippen LogP contribution in [0.1, 0.15) is 34.6 Å². The van der Waals surface area contributed by atoms with Crippen LogP contribution in [0.5, 0.6) is 0 Å². The SMILES string of the molecule is CCOC(=O)[C@H]1O[C@@H]1C(=O)N[C@H](COCC(C)C)C(C)C. The molecule has 6 nitrogen and oxygen atoms in total. The van der Waals surface area contributed by atoms with E-state index in [2.05, 4.69) is 19.2 Å². The number of esters is 1. The minimum atomic E-state index is -0.755. The lowest BCUT2D eigenvalue weighted by Crippen LogP contribution is -2.44. The van der Waals surface area contributed by atoms with Crippen molar-refractivity contribution < 1.29 is 23.8 Å². The summed E-state index contributed by atoms with van der Waals surface area (Å²) in [5, 5.41) is 2.88. The standard InChI is InChI=1S/C15H27NO5/c1-6-20-15(18)13-12(21-13)14(17)16-11(10(4)5)8-19-7-9(2)3/h9-13H,6-8H2,1-5H3,(H,16,17)/t11-,12+,13+/m1/s1. The second kappa shape index (κ2) is 8.34. The molecule has 0 aliphatic carbocycles. The molecular formula is C15H27NO5. The lowest BCUT2D eigenvalue weighted by Gasteiger charge is -2.22. The number of carbonyl (C=O) groups excluding carboxylic acids is 2. The molecule has 1 amide bonds. The lowest BCUT2D eigenvalue weighted by atomic mass is 10.0. The minimum absolute atomic E-state index is 0.0942. The first-order chi connectivity index (χ1) is 9.86.